The third kappa shape index (κ3) is 3.87. The van der Waals surface area contributed by atoms with Gasteiger partial charge in [-0.3, -0.25) is 14.5 Å². The van der Waals surface area contributed by atoms with Crippen LogP contribution in [0.4, 0.5) is 18.0 Å². The first kappa shape index (κ1) is 17.8. The van der Waals surface area contributed by atoms with E-state index in [2.05, 4.69) is 0 Å². The summed E-state index contributed by atoms with van der Waals surface area (Å²) >= 11 is 0.841. The lowest BCUT2D eigenvalue weighted by molar-refractivity contribution is -0.138. The summed E-state index contributed by atoms with van der Waals surface area (Å²) in [5, 5.41) is 9.54. The van der Waals surface area contributed by atoms with Crippen molar-refractivity contribution in [3.63, 3.8) is 0 Å². The molecule has 2 amide bonds. The lowest BCUT2D eigenvalue weighted by Gasteiger charge is -2.21. The fourth-order valence-corrected chi connectivity index (χ4v) is 3.29. The SMILES string of the molecule is CC1(C)SC(=O)N(C[C@H](O)Cc2ccccc2C(F)(F)F)C1=O. The minimum atomic E-state index is -4.52. The maximum atomic E-state index is 12.9. The molecule has 0 saturated carbocycles. The van der Waals surface area contributed by atoms with Gasteiger partial charge in [-0.25, -0.2) is 0 Å². The predicted octanol–water partition coefficient (Wildman–Crippen LogP) is 3.08. The minimum absolute atomic E-state index is 0.0708. The van der Waals surface area contributed by atoms with E-state index in [1.54, 1.807) is 13.8 Å². The van der Waals surface area contributed by atoms with Crippen LogP contribution in [0, 0.1) is 0 Å². The number of nitrogens with zero attached hydrogens (tertiary/aromatic N) is 1. The summed E-state index contributed by atoms with van der Waals surface area (Å²) in [6.07, 6.45) is -6.08. The molecule has 8 heteroatoms. The lowest BCUT2D eigenvalue weighted by Crippen LogP contribution is -2.41. The summed E-state index contributed by atoms with van der Waals surface area (Å²) in [6, 6.07) is 4.93. The third-order valence-corrected chi connectivity index (χ3v) is 4.57. The number of aliphatic hydroxyl groups is 1. The van der Waals surface area contributed by atoms with Crippen LogP contribution in [0.25, 0.3) is 0 Å². The molecule has 1 aliphatic heterocycles. The number of rotatable bonds is 4. The number of carbonyl (C=O) groups excluding carboxylic acids is 2. The molecule has 0 aliphatic carbocycles. The van der Waals surface area contributed by atoms with Gasteiger partial charge in [-0.2, -0.15) is 13.2 Å². The quantitative estimate of drug-likeness (QED) is 0.909. The summed E-state index contributed by atoms with van der Waals surface area (Å²) in [7, 11) is 0. The molecule has 0 radical (unpaired) electrons. The number of amides is 2. The zero-order valence-corrected chi connectivity index (χ0v) is 13.4. The van der Waals surface area contributed by atoms with Crippen molar-refractivity contribution < 1.29 is 27.9 Å². The zero-order chi connectivity index (χ0) is 17.4. The summed E-state index contributed by atoms with van der Waals surface area (Å²) in [5.74, 6) is -0.448. The normalized spacial score (nSPS) is 19.3. The van der Waals surface area contributed by atoms with E-state index in [0.717, 1.165) is 22.7 Å². The Hall–Kier alpha value is -1.54. The molecule has 1 heterocycles. The van der Waals surface area contributed by atoms with Crippen molar-refractivity contribution in [1.82, 2.24) is 4.90 Å². The van der Waals surface area contributed by atoms with Crippen LogP contribution in [0.3, 0.4) is 0 Å². The number of hydrogen-bond donors (Lipinski definition) is 1. The third-order valence-electron chi connectivity index (χ3n) is 3.49. The van der Waals surface area contributed by atoms with E-state index < -0.39 is 33.7 Å². The Bertz CT molecular complexity index is 631. The second-order valence-electron chi connectivity index (χ2n) is 5.81. The Morgan fingerprint density at radius 2 is 1.87 bits per heavy atom. The van der Waals surface area contributed by atoms with Gasteiger partial charge in [0.05, 0.1) is 23.0 Å². The largest absolute Gasteiger partial charge is 0.416 e. The number of thioether (sulfide) groups is 1. The number of imide groups is 1. The Kier molecular flexibility index (Phi) is 4.77. The highest BCUT2D eigenvalue weighted by Gasteiger charge is 2.46. The monoisotopic (exact) mass is 347 g/mol. The first-order chi connectivity index (χ1) is 10.5. The number of β-amino-alcohol motifs (C(OH)–C–C–N with tert-alkyl or cyclic N) is 1. The van der Waals surface area contributed by atoms with Crippen LogP contribution in [0.2, 0.25) is 0 Å². The molecular weight excluding hydrogens is 331 g/mol. The van der Waals surface area contributed by atoms with Gasteiger partial charge in [0.15, 0.2) is 0 Å². The van der Waals surface area contributed by atoms with Crippen LogP contribution >= 0.6 is 11.8 Å². The number of hydrogen-bond acceptors (Lipinski definition) is 4. The molecule has 1 N–H and O–H groups in total. The number of alkyl halides is 3. The first-order valence-electron chi connectivity index (χ1n) is 6.90. The van der Waals surface area contributed by atoms with Crippen LogP contribution in [-0.4, -0.2) is 38.5 Å². The average Bonchev–Trinajstić information content (AvgIpc) is 2.60. The fourth-order valence-electron chi connectivity index (χ4n) is 2.39. The fraction of sp³-hybridized carbons (Fsp3) is 0.467. The molecule has 1 aliphatic rings. The molecule has 1 fully saturated rings. The van der Waals surface area contributed by atoms with E-state index in [9.17, 15) is 27.9 Å². The van der Waals surface area contributed by atoms with Crippen LogP contribution in [0.5, 0.6) is 0 Å². The van der Waals surface area contributed by atoms with Crippen LogP contribution in [0.15, 0.2) is 24.3 Å². The topological polar surface area (TPSA) is 57.6 Å². The minimum Gasteiger partial charge on any atom is -0.391 e. The highest BCUT2D eigenvalue weighted by molar-refractivity contribution is 8.16. The van der Waals surface area contributed by atoms with Crippen LogP contribution < -0.4 is 0 Å². The molecule has 0 bridgehead atoms. The Balaban J connectivity index is 2.11. The molecule has 1 aromatic rings. The van der Waals surface area contributed by atoms with Gasteiger partial charge in [0.1, 0.15) is 0 Å². The number of aliphatic hydroxyl groups excluding tert-OH is 1. The highest BCUT2D eigenvalue weighted by atomic mass is 32.2. The van der Waals surface area contributed by atoms with Crippen molar-refractivity contribution in [2.45, 2.75) is 37.3 Å². The Morgan fingerprint density at radius 1 is 1.26 bits per heavy atom. The van der Waals surface area contributed by atoms with Crippen molar-refractivity contribution >= 4 is 22.9 Å². The van der Waals surface area contributed by atoms with E-state index in [1.807, 2.05) is 0 Å². The van der Waals surface area contributed by atoms with Gasteiger partial charge in [-0.1, -0.05) is 18.2 Å². The molecule has 23 heavy (non-hydrogen) atoms. The van der Waals surface area contributed by atoms with Crippen molar-refractivity contribution in [3.05, 3.63) is 35.4 Å². The highest BCUT2D eigenvalue weighted by Crippen LogP contribution is 2.37. The smallest absolute Gasteiger partial charge is 0.391 e. The molecular formula is C15H16F3NO3S. The molecule has 1 atom stereocenters. The maximum Gasteiger partial charge on any atom is 0.416 e. The Labute approximate surface area is 135 Å². The van der Waals surface area contributed by atoms with Crippen LogP contribution in [0.1, 0.15) is 25.0 Å². The van der Waals surface area contributed by atoms with E-state index in [4.69, 9.17) is 0 Å². The standard InChI is InChI=1S/C15H16F3NO3S/c1-14(2)12(21)19(13(22)23-14)8-10(20)7-9-5-3-4-6-11(9)15(16,17)18/h3-6,10,20H,7-8H2,1-2H3/t10-/m1/s1. The van der Waals surface area contributed by atoms with Gasteiger partial charge in [0.25, 0.3) is 5.24 Å². The number of halogens is 3. The molecule has 1 saturated heterocycles. The summed E-state index contributed by atoms with van der Waals surface area (Å²) in [4.78, 5) is 24.7. The predicted molar refractivity (Wildman–Crippen MR) is 79.9 cm³/mol. The molecule has 4 nitrogen and oxygen atoms in total. The first-order valence-corrected chi connectivity index (χ1v) is 7.72. The van der Waals surface area contributed by atoms with E-state index in [-0.39, 0.29) is 18.5 Å². The Morgan fingerprint density at radius 3 is 2.39 bits per heavy atom. The molecule has 2 rings (SSSR count). The molecule has 126 valence electrons. The van der Waals surface area contributed by atoms with Crippen LogP contribution in [-0.2, 0) is 17.4 Å². The maximum absolute atomic E-state index is 12.9. The van der Waals surface area contributed by atoms with Gasteiger partial charge in [-0.15, -0.1) is 0 Å². The molecule has 0 aromatic heterocycles. The molecule has 0 spiro atoms. The van der Waals surface area contributed by atoms with E-state index >= 15 is 0 Å². The van der Waals surface area contributed by atoms with Crippen molar-refractivity contribution in [2.75, 3.05) is 6.54 Å². The zero-order valence-electron chi connectivity index (χ0n) is 12.6. The molecule has 0 unspecified atom stereocenters. The van der Waals surface area contributed by atoms with E-state index in [0.29, 0.717) is 0 Å². The van der Waals surface area contributed by atoms with Gasteiger partial charge >= 0.3 is 6.18 Å². The second-order valence-corrected chi connectivity index (χ2v) is 7.38. The second kappa shape index (κ2) is 6.16. The van der Waals surface area contributed by atoms with Gasteiger partial charge in [0, 0.05) is 6.42 Å². The number of benzene rings is 1. The molecule has 1 aromatic carbocycles. The van der Waals surface area contributed by atoms with Crippen molar-refractivity contribution in [2.24, 2.45) is 0 Å². The van der Waals surface area contributed by atoms with Crippen molar-refractivity contribution in [3.8, 4) is 0 Å². The van der Waals surface area contributed by atoms with Gasteiger partial charge in [0.2, 0.25) is 5.91 Å². The van der Waals surface area contributed by atoms with Gasteiger partial charge < -0.3 is 5.11 Å². The lowest BCUT2D eigenvalue weighted by atomic mass is 10.0. The van der Waals surface area contributed by atoms with Gasteiger partial charge in [-0.05, 0) is 37.2 Å². The average molecular weight is 347 g/mol. The van der Waals surface area contributed by atoms with Crippen molar-refractivity contribution in [1.29, 1.82) is 0 Å². The summed E-state index contributed by atoms with van der Waals surface area (Å²) in [5.41, 5.74) is -0.897. The van der Waals surface area contributed by atoms with E-state index in [1.165, 1.54) is 18.2 Å². The summed E-state index contributed by atoms with van der Waals surface area (Å²) < 4.78 is 37.9. The number of carbonyl (C=O) groups is 2. The summed E-state index contributed by atoms with van der Waals surface area (Å²) in [6.45, 7) is 2.85.